The van der Waals surface area contributed by atoms with E-state index >= 15 is 0 Å². The van der Waals surface area contributed by atoms with Crippen molar-refractivity contribution in [3.8, 4) is 0 Å². The fourth-order valence-electron chi connectivity index (χ4n) is 3.03. The number of nitrogens with zero attached hydrogens (tertiary/aromatic N) is 1. The summed E-state index contributed by atoms with van der Waals surface area (Å²) < 4.78 is 38.3. The zero-order chi connectivity index (χ0) is 18.4. The first-order valence-electron chi connectivity index (χ1n) is 7.55. The molecule has 1 amide bonds. The topological polar surface area (TPSA) is 66.5 Å². The lowest BCUT2D eigenvalue weighted by molar-refractivity contribution is 0.102. The van der Waals surface area contributed by atoms with Gasteiger partial charge in [0.25, 0.3) is 5.91 Å². The van der Waals surface area contributed by atoms with E-state index < -0.39 is 21.7 Å². The summed E-state index contributed by atoms with van der Waals surface area (Å²) in [5.41, 5.74) is 2.06. The van der Waals surface area contributed by atoms with Gasteiger partial charge in [0, 0.05) is 11.6 Å². The van der Waals surface area contributed by atoms with E-state index in [1.165, 1.54) is 16.4 Å². The molecule has 0 fully saturated rings. The minimum Gasteiger partial charge on any atom is -0.321 e. The zero-order valence-electron chi connectivity index (χ0n) is 13.6. The molecular weight excluding hydrogens is 367 g/mol. The van der Waals surface area contributed by atoms with Crippen LogP contribution in [0, 0.1) is 5.82 Å². The highest BCUT2D eigenvalue weighted by atomic mass is 35.5. The number of fused-ring (bicyclic) bond motifs is 1. The van der Waals surface area contributed by atoms with Gasteiger partial charge in [-0.1, -0.05) is 11.6 Å². The molecule has 25 heavy (non-hydrogen) atoms. The predicted octanol–water partition coefficient (Wildman–Crippen LogP) is 3.44. The highest BCUT2D eigenvalue weighted by Gasteiger charge is 2.32. The van der Waals surface area contributed by atoms with Crippen LogP contribution >= 0.6 is 11.6 Å². The van der Waals surface area contributed by atoms with Gasteiger partial charge in [-0.15, -0.1) is 0 Å². The van der Waals surface area contributed by atoms with Crippen molar-refractivity contribution in [3.05, 3.63) is 58.4 Å². The number of amides is 1. The van der Waals surface area contributed by atoms with Crippen LogP contribution in [-0.4, -0.2) is 26.6 Å². The van der Waals surface area contributed by atoms with Gasteiger partial charge in [-0.25, -0.2) is 12.8 Å². The number of anilines is 2. The molecule has 1 atom stereocenters. The summed E-state index contributed by atoms with van der Waals surface area (Å²) in [6.07, 6.45) is 1.69. The molecule has 0 aromatic heterocycles. The number of benzene rings is 2. The summed E-state index contributed by atoms with van der Waals surface area (Å²) in [6.45, 7) is 1.82. The molecule has 1 heterocycles. The largest absolute Gasteiger partial charge is 0.321 e. The van der Waals surface area contributed by atoms with E-state index in [9.17, 15) is 17.6 Å². The number of carbonyl (C=O) groups excluding carboxylic acids is 1. The van der Waals surface area contributed by atoms with Crippen molar-refractivity contribution < 1.29 is 17.6 Å². The molecule has 1 aliphatic heterocycles. The number of carbonyl (C=O) groups is 1. The van der Waals surface area contributed by atoms with E-state index in [2.05, 4.69) is 5.32 Å². The number of sulfonamides is 1. The second-order valence-corrected chi connectivity index (χ2v) is 8.30. The SMILES string of the molecule is CC1Cc2cc(C(=O)Nc3ccc(F)cc3Cl)ccc2N1S(C)(=O)=O. The normalized spacial score (nSPS) is 16.6. The molecule has 2 aromatic rings. The molecular formula is C17H16ClFN2O3S. The van der Waals surface area contributed by atoms with Crippen LogP contribution in [0.2, 0.25) is 5.02 Å². The van der Waals surface area contributed by atoms with Gasteiger partial charge < -0.3 is 5.32 Å². The van der Waals surface area contributed by atoms with Crippen LogP contribution in [0.25, 0.3) is 0 Å². The average molecular weight is 383 g/mol. The van der Waals surface area contributed by atoms with Gasteiger partial charge in [-0.05, 0) is 55.3 Å². The summed E-state index contributed by atoms with van der Waals surface area (Å²) in [5, 5.41) is 2.73. The van der Waals surface area contributed by atoms with Crippen molar-refractivity contribution in [2.45, 2.75) is 19.4 Å². The molecule has 8 heteroatoms. The summed E-state index contributed by atoms with van der Waals surface area (Å²) in [6, 6.07) is 8.36. The smallest absolute Gasteiger partial charge is 0.255 e. The monoisotopic (exact) mass is 382 g/mol. The van der Waals surface area contributed by atoms with Crippen molar-refractivity contribution in [2.24, 2.45) is 0 Å². The van der Waals surface area contributed by atoms with Gasteiger partial charge in [0.15, 0.2) is 0 Å². The maximum absolute atomic E-state index is 13.1. The Morgan fingerprint density at radius 2 is 2.00 bits per heavy atom. The Kier molecular flexibility index (Phi) is 4.47. The van der Waals surface area contributed by atoms with Crippen molar-refractivity contribution >= 4 is 38.9 Å². The van der Waals surface area contributed by atoms with E-state index in [-0.39, 0.29) is 11.1 Å². The molecule has 132 valence electrons. The van der Waals surface area contributed by atoms with E-state index in [1.54, 1.807) is 18.2 Å². The van der Waals surface area contributed by atoms with Crippen LogP contribution in [0.5, 0.6) is 0 Å². The highest BCUT2D eigenvalue weighted by molar-refractivity contribution is 7.92. The molecule has 0 saturated heterocycles. The number of halogens is 2. The quantitative estimate of drug-likeness (QED) is 0.884. The van der Waals surface area contributed by atoms with Crippen molar-refractivity contribution in [2.75, 3.05) is 15.9 Å². The van der Waals surface area contributed by atoms with Crippen molar-refractivity contribution in [1.82, 2.24) is 0 Å². The van der Waals surface area contributed by atoms with E-state index in [4.69, 9.17) is 11.6 Å². The molecule has 0 spiro atoms. The first-order valence-corrected chi connectivity index (χ1v) is 9.78. The van der Waals surface area contributed by atoms with Gasteiger partial charge >= 0.3 is 0 Å². The van der Waals surface area contributed by atoms with Gasteiger partial charge in [0.2, 0.25) is 10.0 Å². The number of nitrogens with one attached hydrogen (secondary N) is 1. The molecule has 0 bridgehead atoms. The van der Waals surface area contributed by atoms with Crippen LogP contribution in [0.3, 0.4) is 0 Å². The minimum absolute atomic E-state index is 0.103. The van der Waals surface area contributed by atoms with E-state index in [0.717, 1.165) is 17.9 Å². The Morgan fingerprint density at radius 3 is 2.64 bits per heavy atom. The molecule has 1 N–H and O–H groups in total. The lowest BCUT2D eigenvalue weighted by Gasteiger charge is -2.21. The van der Waals surface area contributed by atoms with E-state index in [1.807, 2.05) is 6.92 Å². The zero-order valence-corrected chi connectivity index (χ0v) is 15.2. The van der Waals surface area contributed by atoms with Gasteiger partial charge in [-0.2, -0.15) is 0 Å². The molecule has 0 aliphatic carbocycles. The van der Waals surface area contributed by atoms with Gasteiger partial charge in [0.1, 0.15) is 5.82 Å². The fourth-order valence-corrected chi connectivity index (χ4v) is 4.51. The molecule has 3 rings (SSSR count). The highest BCUT2D eigenvalue weighted by Crippen LogP contribution is 2.35. The summed E-state index contributed by atoms with van der Waals surface area (Å²) in [4.78, 5) is 12.4. The van der Waals surface area contributed by atoms with Crippen LogP contribution in [0.15, 0.2) is 36.4 Å². The lowest BCUT2D eigenvalue weighted by Crippen LogP contribution is -2.34. The van der Waals surface area contributed by atoms with Gasteiger partial charge in [-0.3, -0.25) is 9.10 Å². The third-order valence-corrected chi connectivity index (χ3v) is 5.62. The maximum Gasteiger partial charge on any atom is 0.255 e. The lowest BCUT2D eigenvalue weighted by atomic mass is 10.1. The number of rotatable bonds is 3. The second-order valence-electron chi connectivity index (χ2n) is 6.03. The van der Waals surface area contributed by atoms with E-state index in [0.29, 0.717) is 23.4 Å². The minimum atomic E-state index is -3.38. The molecule has 5 nitrogen and oxygen atoms in total. The number of hydrogen-bond donors (Lipinski definition) is 1. The van der Waals surface area contributed by atoms with Crippen LogP contribution in [0.4, 0.5) is 15.8 Å². The maximum atomic E-state index is 13.1. The second kappa shape index (κ2) is 6.31. The molecule has 1 aliphatic rings. The predicted molar refractivity (Wildman–Crippen MR) is 96.3 cm³/mol. The Balaban J connectivity index is 1.88. The van der Waals surface area contributed by atoms with Crippen LogP contribution < -0.4 is 9.62 Å². The fraction of sp³-hybridized carbons (Fsp3) is 0.235. The molecule has 0 radical (unpaired) electrons. The average Bonchev–Trinajstić information content (AvgIpc) is 2.84. The van der Waals surface area contributed by atoms with Crippen LogP contribution in [-0.2, 0) is 16.4 Å². The third kappa shape index (κ3) is 3.48. The Morgan fingerprint density at radius 1 is 1.28 bits per heavy atom. The Hall–Kier alpha value is -2.12. The Labute approximate surface area is 150 Å². The molecule has 1 unspecified atom stereocenters. The number of hydrogen-bond acceptors (Lipinski definition) is 3. The van der Waals surface area contributed by atoms with Crippen molar-refractivity contribution in [3.63, 3.8) is 0 Å². The third-order valence-electron chi connectivity index (χ3n) is 4.03. The molecule has 2 aromatic carbocycles. The first-order chi connectivity index (χ1) is 11.7. The molecule has 0 saturated carbocycles. The Bertz CT molecular complexity index is 962. The van der Waals surface area contributed by atoms with Gasteiger partial charge in [0.05, 0.1) is 22.7 Å². The first kappa shape index (κ1) is 17.7. The standard InChI is InChI=1S/C17H16ClFN2O3S/c1-10-7-12-8-11(3-6-16(12)21(10)25(2,23)24)17(22)20-15-5-4-13(19)9-14(15)18/h3-6,8-10H,7H2,1-2H3,(H,20,22). The van der Waals surface area contributed by atoms with Crippen LogP contribution in [0.1, 0.15) is 22.8 Å². The summed E-state index contributed by atoms with van der Waals surface area (Å²) in [5.74, 6) is -0.892. The summed E-state index contributed by atoms with van der Waals surface area (Å²) >= 11 is 5.92. The summed E-state index contributed by atoms with van der Waals surface area (Å²) in [7, 11) is -3.38. The van der Waals surface area contributed by atoms with Crippen molar-refractivity contribution in [1.29, 1.82) is 0 Å².